The van der Waals surface area contributed by atoms with Crippen LogP contribution < -0.4 is 29.6 Å². The molecule has 30 heavy (non-hydrogen) atoms. The molecule has 1 aliphatic heterocycles. The van der Waals surface area contributed by atoms with Gasteiger partial charge in [-0.05, 0) is 24.3 Å². The lowest BCUT2D eigenvalue weighted by molar-refractivity contribution is -0.0505. The molecule has 0 atom stereocenters. The summed E-state index contributed by atoms with van der Waals surface area (Å²) in [6, 6.07) is 10.4. The Hall–Kier alpha value is -3.23. The molecule has 0 unspecified atom stereocenters. The summed E-state index contributed by atoms with van der Waals surface area (Å²) in [7, 11) is 3.14. The number of benzene rings is 2. The molecule has 1 heterocycles. The summed E-state index contributed by atoms with van der Waals surface area (Å²) in [4.78, 5) is 4.18. The molecule has 162 valence electrons. The van der Waals surface area contributed by atoms with Gasteiger partial charge in [0.05, 0.1) is 20.3 Å². The van der Waals surface area contributed by atoms with Gasteiger partial charge in [0.15, 0.2) is 17.5 Å². The van der Waals surface area contributed by atoms with Crippen molar-refractivity contribution in [1.82, 2.24) is 10.6 Å². The Morgan fingerprint density at radius 1 is 1.10 bits per heavy atom. The number of hydrogen-bond donors (Lipinski definition) is 2. The van der Waals surface area contributed by atoms with E-state index in [4.69, 9.17) is 14.2 Å². The van der Waals surface area contributed by atoms with E-state index >= 15 is 0 Å². The van der Waals surface area contributed by atoms with E-state index in [1.807, 2.05) is 18.2 Å². The summed E-state index contributed by atoms with van der Waals surface area (Å²) in [6.45, 7) is -1.03. The Balaban J connectivity index is 1.65. The van der Waals surface area contributed by atoms with E-state index in [-0.39, 0.29) is 12.3 Å². The van der Waals surface area contributed by atoms with Crippen LogP contribution in [0.2, 0.25) is 0 Å². The Bertz CT molecular complexity index is 877. The van der Waals surface area contributed by atoms with Crippen molar-refractivity contribution in [2.45, 2.75) is 26.1 Å². The van der Waals surface area contributed by atoms with Crippen LogP contribution in [-0.4, -0.2) is 39.9 Å². The summed E-state index contributed by atoms with van der Waals surface area (Å²) < 4.78 is 46.7. The van der Waals surface area contributed by atoms with Crippen molar-refractivity contribution in [1.29, 1.82) is 0 Å². The quantitative estimate of drug-likeness (QED) is 0.528. The minimum absolute atomic E-state index is 0.0766. The van der Waals surface area contributed by atoms with Gasteiger partial charge in [0.2, 0.25) is 0 Å². The summed E-state index contributed by atoms with van der Waals surface area (Å²) >= 11 is 0. The number of methoxy groups -OCH3 is 1. The number of nitrogens with zero attached hydrogens (tertiary/aromatic N) is 1. The molecule has 2 aromatic carbocycles. The van der Waals surface area contributed by atoms with Crippen LogP contribution in [0.1, 0.15) is 17.5 Å². The van der Waals surface area contributed by atoms with Crippen LogP contribution in [0.3, 0.4) is 0 Å². The molecule has 0 spiro atoms. The van der Waals surface area contributed by atoms with E-state index < -0.39 is 6.61 Å². The maximum Gasteiger partial charge on any atom is 0.387 e. The predicted octanol–water partition coefficient (Wildman–Crippen LogP) is 3.32. The average Bonchev–Trinajstić information content (AvgIpc) is 3.00. The first-order valence-electron chi connectivity index (χ1n) is 9.54. The number of rotatable bonds is 7. The van der Waals surface area contributed by atoms with Crippen LogP contribution in [0.25, 0.3) is 0 Å². The molecule has 3 rings (SSSR count). The highest BCUT2D eigenvalue weighted by atomic mass is 19.3. The van der Waals surface area contributed by atoms with E-state index in [2.05, 4.69) is 20.4 Å². The molecule has 7 nitrogen and oxygen atoms in total. The molecule has 0 bridgehead atoms. The molecule has 2 N–H and O–H groups in total. The van der Waals surface area contributed by atoms with Crippen LogP contribution in [-0.2, 0) is 13.1 Å². The minimum atomic E-state index is -2.91. The number of hydrogen-bond acceptors (Lipinski definition) is 5. The average molecular weight is 421 g/mol. The highest BCUT2D eigenvalue weighted by Gasteiger charge is 2.15. The van der Waals surface area contributed by atoms with Gasteiger partial charge in [-0.15, -0.1) is 0 Å². The van der Waals surface area contributed by atoms with E-state index in [1.54, 1.807) is 19.2 Å². The smallest absolute Gasteiger partial charge is 0.387 e. The van der Waals surface area contributed by atoms with Crippen LogP contribution >= 0.6 is 0 Å². The second kappa shape index (κ2) is 10.5. The number of guanidine groups is 1. The third kappa shape index (κ3) is 5.65. The first-order chi connectivity index (χ1) is 14.6. The number of ether oxygens (including phenoxy) is 4. The molecule has 0 saturated heterocycles. The van der Waals surface area contributed by atoms with Crippen LogP contribution in [0.4, 0.5) is 8.78 Å². The predicted molar refractivity (Wildman–Crippen MR) is 109 cm³/mol. The second-order valence-electron chi connectivity index (χ2n) is 6.43. The summed E-state index contributed by atoms with van der Waals surface area (Å²) in [5.74, 6) is 2.56. The van der Waals surface area contributed by atoms with Gasteiger partial charge in [-0.1, -0.05) is 12.1 Å². The maximum absolute atomic E-state index is 12.7. The summed E-state index contributed by atoms with van der Waals surface area (Å²) in [5, 5.41) is 6.30. The van der Waals surface area contributed by atoms with Gasteiger partial charge >= 0.3 is 6.61 Å². The molecule has 1 aliphatic rings. The molecule has 0 aliphatic carbocycles. The standard InChI is InChI=1S/C21H25F2N3O4/c1-24-21(25-12-14-5-3-6-18-19(14)29-10-4-9-28-18)26-13-15-11-16(27-2)7-8-17(15)30-20(22)23/h3,5-8,11,20H,4,9-10,12-13H2,1-2H3,(H2,24,25,26). The van der Waals surface area contributed by atoms with E-state index in [9.17, 15) is 8.78 Å². The number of nitrogens with one attached hydrogen (secondary N) is 2. The zero-order valence-corrected chi connectivity index (χ0v) is 16.9. The highest BCUT2D eigenvalue weighted by Crippen LogP contribution is 2.33. The fourth-order valence-electron chi connectivity index (χ4n) is 3.00. The molecule has 0 saturated carbocycles. The fraction of sp³-hybridized carbons (Fsp3) is 0.381. The van der Waals surface area contributed by atoms with Crippen molar-refractivity contribution in [2.24, 2.45) is 4.99 Å². The zero-order valence-electron chi connectivity index (χ0n) is 16.9. The molecule has 0 amide bonds. The van der Waals surface area contributed by atoms with Crippen molar-refractivity contribution in [3.8, 4) is 23.0 Å². The van der Waals surface area contributed by atoms with Gasteiger partial charge in [-0.2, -0.15) is 8.78 Å². The van der Waals surface area contributed by atoms with Gasteiger partial charge in [0.1, 0.15) is 11.5 Å². The summed E-state index contributed by atoms with van der Waals surface area (Å²) in [5.41, 5.74) is 1.45. The van der Waals surface area contributed by atoms with Crippen LogP contribution in [0.5, 0.6) is 23.0 Å². The third-order valence-corrected chi connectivity index (χ3v) is 4.45. The van der Waals surface area contributed by atoms with Gasteiger partial charge in [-0.25, -0.2) is 0 Å². The lowest BCUT2D eigenvalue weighted by Crippen LogP contribution is -2.36. The lowest BCUT2D eigenvalue weighted by Gasteiger charge is -2.17. The SMILES string of the molecule is CN=C(NCc1cc(OC)ccc1OC(F)F)NCc1cccc2c1OCCCO2. The molecule has 0 fully saturated rings. The number of halogens is 2. The molecule has 0 radical (unpaired) electrons. The van der Waals surface area contributed by atoms with Crippen LogP contribution in [0.15, 0.2) is 41.4 Å². The number of aliphatic imine (C=N–C) groups is 1. The third-order valence-electron chi connectivity index (χ3n) is 4.45. The topological polar surface area (TPSA) is 73.3 Å². The van der Waals surface area contributed by atoms with Gasteiger partial charge < -0.3 is 29.6 Å². The van der Waals surface area contributed by atoms with Crippen molar-refractivity contribution in [2.75, 3.05) is 27.4 Å². The minimum Gasteiger partial charge on any atom is -0.497 e. The summed E-state index contributed by atoms with van der Waals surface area (Å²) in [6.07, 6.45) is 0.828. The highest BCUT2D eigenvalue weighted by molar-refractivity contribution is 5.79. The van der Waals surface area contributed by atoms with E-state index in [0.717, 1.165) is 23.5 Å². The van der Waals surface area contributed by atoms with Crippen molar-refractivity contribution in [3.63, 3.8) is 0 Å². The van der Waals surface area contributed by atoms with Crippen LogP contribution in [0, 0.1) is 0 Å². The number of fused-ring (bicyclic) bond motifs is 1. The molecular weight excluding hydrogens is 396 g/mol. The Kier molecular flexibility index (Phi) is 7.53. The number of alkyl halides is 2. The molecule has 0 aromatic heterocycles. The fourth-order valence-corrected chi connectivity index (χ4v) is 3.00. The van der Waals surface area contributed by atoms with Gasteiger partial charge in [-0.3, -0.25) is 4.99 Å². The molecule has 9 heteroatoms. The Morgan fingerprint density at radius 3 is 2.60 bits per heavy atom. The van der Waals surface area contributed by atoms with Crippen molar-refractivity contribution < 1.29 is 27.7 Å². The van der Waals surface area contributed by atoms with Gasteiger partial charge in [0, 0.05) is 37.7 Å². The zero-order chi connectivity index (χ0) is 21.3. The van der Waals surface area contributed by atoms with Crippen molar-refractivity contribution in [3.05, 3.63) is 47.5 Å². The monoisotopic (exact) mass is 421 g/mol. The van der Waals surface area contributed by atoms with Crippen molar-refractivity contribution >= 4 is 5.96 Å². The number of para-hydroxylation sites is 1. The first-order valence-corrected chi connectivity index (χ1v) is 9.54. The normalized spacial score (nSPS) is 13.6. The Labute approximate surface area is 174 Å². The second-order valence-corrected chi connectivity index (χ2v) is 6.43. The Morgan fingerprint density at radius 2 is 1.87 bits per heavy atom. The van der Waals surface area contributed by atoms with E-state index in [1.165, 1.54) is 13.2 Å². The molecule has 2 aromatic rings. The maximum atomic E-state index is 12.7. The molecular formula is C21H25F2N3O4. The first kappa shape index (κ1) is 21.5. The lowest BCUT2D eigenvalue weighted by atomic mass is 10.2. The van der Waals surface area contributed by atoms with E-state index in [0.29, 0.717) is 37.0 Å². The van der Waals surface area contributed by atoms with Gasteiger partial charge in [0.25, 0.3) is 0 Å². The largest absolute Gasteiger partial charge is 0.497 e.